The van der Waals surface area contributed by atoms with Gasteiger partial charge < -0.3 is 11.1 Å². The predicted molar refractivity (Wildman–Crippen MR) is 79.0 cm³/mol. The van der Waals surface area contributed by atoms with Gasteiger partial charge in [-0.25, -0.2) is 0 Å². The number of carbonyl (C=O) groups is 1. The third kappa shape index (κ3) is 4.24. The molecule has 1 amide bonds. The number of nitrogens with zero attached hydrogens (tertiary/aromatic N) is 1. The van der Waals surface area contributed by atoms with Crippen molar-refractivity contribution in [3.8, 4) is 0 Å². The Labute approximate surface area is 115 Å². The van der Waals surface area contributed by atoms with E-state index in [1.54, 1.807) is 6.07 Å². The van der Waals surface area contributed by atoms with Gasteiger partial charge in [0.05, 0.1) is 11.4 Å². The largest absolute Gasteiger partial charge is 0.397 e. The predicted octanol–water partition coefficient (Wildman–Crippen LogP) is 2.47. The van der Waals surface area contributed by atoms with Crippen LogP contribution in [0.25, 0.3) is 0 Å². The van der Waals surface area contributed by atoms with Crippen LogP contribution in [0, 0.1) is 0 Å². The van der Waals surface area contributed by atoms with Gasteiger partial charge in [0.1, 0.15) is 0 Å². The number of carbonyl (C=O) groups excluding carboxylic acids is 1. The second-order valence-electron chi connectivity index (χ2n) is 5.15. The van der Waals surface area contributed by atoms with E-state index in [1.807, 2.05) is 18.2 Å². The molecule has 0 radical (unpaired) electrons. The van der Waals surface area contributed by atoms with Crippen molar-refractivity contribution >= 4 is 17.3 Å². The van der Waals surface area contributed by atoms with Crippen LogP contribution in [0.5, 0.6) is 0 Å². The number of para-hydroxylation sites is 2. The molecule has 1 aromatic rings. The first-order chi connectivity index (χ1) is 9.20. The van der Waals surface area contributed by atoms with Crippen molar-refractivity contribution in [3.63, 3.8) is 0 Å². The molecular formula is C15H23N3O. The number of hydrogen-bond acceptors (Lipinski definition) is 3. The highest BCUT2D eigenvalue weighted by Crippen LogP contribution is 2.27. The maximum absolute atomic E-state index is 11.9. The number of rotatable bonds is 7. The second-order valence-corrected chi connectivity index (χ2v) is 5.15. The Morgan fingerprint density at radius 3 is 2.74 bits per heavy atom. The van der Waals surface area contributed by atoms with E-state index >= 15 is 0 Å². The normalized spacial score (nSPS) is 14.6. The summed E-state index contributed by atoms with van der Waals surface area (Å²) in [7, 11) is 0. The van der Waals surface area contributed by atoms with E-state index in [1.165, 1.54) is 12.8 Å². The van der Waals surface area contributed by atoms with Gasteiger partial charge in [-0.15, -0.1) is 0 Å². The summed E-state index contributed by atoms with van der Waals surface area (Å²) in [5.41, 5.74) is 7.13. The Morgan fingerprint density at radius 2 is 2.11 bits per heavy atom. The first-order valence-corrected chi connectivity index (χ1v) is 7.09. The Hall–Kier alpha value is -1.55. The van der Waals surface area contributed by atoms with Crippen molar-refractivity contribution in [1.82, 2.24) is 4.90 Å². The van der Waals surface area contributed by atoms with E-state index in [2.05, 4.69) is 17.1 Å². The minimum Gasteiger partial charge on any atom is -0.397 e. The first-order valence-electron chi connectivity index (χ1n) is 7.09. The maximum atomic E-state index is 11.9. The lowest BCUT2D eigenvalue weighted by molar-refractivity contribution is -0.116. The van der Waals surface area contributed by atoms with Gasteiger partial charge >= 0.3 is 0 Å². The summed E-state index contributed by atoms with van der Waals surface area (Å²) in [6.45, 7) is 4.11. The molecule has 0 heterocycles. The molecule has 104 valence electrons. The molecule has 2 rings (SSSR count). The molecule has 3 N–H and O–H groups in total. The van der Waals surface area contributed by atoms with Gasteiger partial charge in [0.2, 0.25) is 5.91 Å². The van der Waals surface area contributed by atoms with Crippen molar-refractivity contribution in [2.45, 2.75) is 38.6 Å². The molecule has 0 atom stereocenters. The molecule has 1 aromatic carbocycles. The molecule has 0 unspecified atom stereocenters. The number of benzene rings is 1. The Bertz CT molecular complexity index is 429. The van der Waals surface area contributed by atoms with E-state index in [0.29, 0.717) is 17.8 Å². The number of anilines is 2. The van der Waals surface area contributed by atoms with E-state index in [9.17, 15) is 4.79 Å². The molecule has 1 fully saturated rings. The summed E-state index contributed by atoms with van der Waals surface area (Å²) in [6.07, 6.45) is 4.25. The second kappa shape index (κ2) is 6.57. The fraction of sp³-hybridized carbons (Fsp3) is 0.533. The van der Waals surface area contributed by atoms with Crippen molar-refractivity contribution < 1.29 is 4.79 Å². The number of amides is 1. The third-order valence-corrected chi connectivity index (χ3v) is 3.44. The standard InChI is InChI=1S/C15H23N3O/c1-2-10-18(12-7-8-12)11-9-15(19)17-14-6-4-3-5-13(14)16/h3-6,12H,2,7-11,16H2,1H3,(H,17,19). The summed E-state index contributed by atoms with van der Waals surface area (Å²) in [5, 5.41) is 2.88. The molecule has 0 spiro atoms. The average Bonchev–Trinajstić information content (AvgIpc) is 3.21. The van der Waals surface area contributed by atoms with Crippen LogP contribution in [-0.2, 0) is 4.79 Å². The Balaban J connectivity index is 1.79. The highest BCUT2D eigenvalue weighted by atomic mass is 16.1. The lowest BCUT2D eigenvalue weighted by Gasteiger charge is -2.20. The Kier molecular flexibility index (Phi) is 4.80. The Morgan fingerprint density at radius 1 is 1.37 bits per heavy atom. The van der Waals surface area contributed by atoms with Gasteiger partial charge in [-0.1, -0.05) is 19.1 Å². The average molecular weight is 261 g/mol. The first kappa shape index (κ1) is 13.9. The number of nitrogens with two attached hydrogens (primary N) is 1. The van der Waals surface area contributed by atoms with Crippen LogP contribution in [0.4, 0.5) is 11.4 Å². The minimum absolute atomic E-state index is 0.0413. The molecule has 0 bridgehead atoms. The van der Waals surface area contributed by atoms with Crippen LogP contribution in [0.1, 0.15) is 32.6 Å². The molecule has 19 heavy (non-hydrogen) atoms. The summed E-state index contributed by atoms with van der Waals surface area (Å²) in [6, 6.07) is 8.08. The fourth-order valence-electron chi connectivity index (χ4n) is 2.27. The summed E-state index contributed by atoms with van der Waals surface area (Å²) in [4.78, 5) is 14.3. The molecule has 0 aromatic heterocycles. The number of hydrogen-bond donors (Lipinski definition) is 2. The van der Waals surface area contributed by atoms with Gasteiger partial charge in [0, 0.05) is 19.0 Å². The molecule has 4 heteroatoms. The zero-order chi connectivity index (χ0) is 13.7. The molecule has 1 aliphatic rings. The van der Waals surface area contributed by atoms with Crippen LogP contribution in [0.3, 0.4) is 0 Å². The van der Waals surface area contributed by atoms with E-state index < -0.39 is 0 Å². The fourth-order valence-corrected chi connectivity index (χ4v) is 2.27. The van der Waals surface area contributed by atoms with Gasteiger partial charge in [-0.05, 0) is 37.9 Å². The van der Waals surface area contributed by atoms with Gasteiger partial charge in [0.25, 0.3) is 0 Å². The van der Waals surface area contributed by atoms with Gasteiger partial charge in [-0.3, -0.25) is 9.69 Å². The zero-order valence-corrected chi connectivity index (χ0v) is 11.6. The highest BCUT2D eigenvalue weighted by Gasteiger charge is 2.28. The van der Waals surface area contributed by atoms with Crippen LogP contribution in [0.15, 0.2) is 24.3 Å². The molecule has 4 nitrogen and oxygen atoms in total. The van der Waals surface area contributed by atoms with Gasteiger partial charge in [0.15, 0.2) is 0 Å². The van der Waals surface area contributed by atoms with Crippen molar-refractivity contribution in [2.24, 2.45) is 0 Å². The molecule has 0 saturated heterocycles. The SMILES string of the molecule is CCCN(CCC(=O)Nc1ccccc1N)C1CC1. The summed E-state index contributed by atoms with van der Waals surface area (Å²) >= 11 is 0. The smallest absolute Gasteiger partial charge is 0.225 e. The number of nitrogens with one attached hydrogen (secondary N) is 1. The topological polar surface area (TPSA) is 58.4 Å². The van der Waals surface area contributed by atoms with Crippen LogP contribution < -0.4 is 11.1 Å². The third-order valence-electron chi connectivity index (χ3n) is 3.44. The number of nitrogen functional groups attached to an aromatic ring is 1. The van der Waals surface area contributed by atoms with Crippen LogP contribution >= 0.6 is 0 Å². The van der Waals surface area contributed by atoms with Gasteiger partial charge in [-0.2, -0.15) is 0 Å². The molecule has 1 saturated carbocycles. The van der Waals surface area contributed by atoms with E-state index in [-0.39, 0.29) is 5.91 Å². The monoisotopic (exact) mass is 261 g/mol. The molecule has 1 aliphatic carbocycles. The quantitative estimate of drug-likeness (QED) is 0.741. The van der Waals surface area contributed by atoms with Crippen LogP contribution in [0.2, 0.25) is 0 Å². The zero-order valence-electron chi connectivity index (χ0n) is 11.6. The van der Waals surface area contributed by atoms with Crippen molar-refractivity contribution in [2.75, 3.05) is 24.1 Å². The molecular weight excluding hydrogens is 238 g/mol. The van der Waals surface area contributed by atoms with Crippen molar-refractivity contribution in [3.05, 3.63) is 24.3 Å². The van der Waals surface area contributed by atoms with Crippen molar-refractivity contribution in [1.29, 1.82) is 0 Å². The van der Waals surface area contributed by atoms with E-state index in [0.717, 1.165) is 25.6 Å². The van der Waals surface area contributed by atoms with Crippen LogP contribution in [-0.4, -0.2) is 29.9 Å². The maximum Gasteiger partial charge on any atom is 0.225 e. The van der Waals surface area contributed by atoms with E-state index in [4.69, 9.17) is 5.73 Å². The molecule has 0 aliphatic heterocycles. The highest BCUT2D eigenvalue weighted by molar-refractivity contribution is 5.93. The minimum atomic E-state index is 0.0413. The lowest BCUT2D eigenvalue weighted by atomic mass is 10.2. The summed E-state index contributed by atoms with van der Waals surface area (Å²) in [5.74, 6) is 0.0413. The summed E-state index contributed by atoms with van der Waals surface area (Å²) < 4.78 is 0. The lowest BCUT2D eigenvalue weighted by Crippen LogP contribution is -2.30.